The summed E-state index contributed by atoms with van der Waals surface area (Å²) in [5.74, 6) is -0.673. The Kier molecular flexibility index (Phi) is 7.08. The second-order valence-corrected chi connectivity index (χ2v) is 7.45. The van der Waals surface area contributed by atoms with E-state index in [2.05, 4.69) is 10.6 Å². The molecule has 0 aliphatic carbocycles. The number of esters is 1. The van der Waals surface area contributed by atoms with E-state index >= 15 is 0 Å². The molecule has 0 radical (unpaired) electrons. The predicted octanol–water partition coefficient (Wildman–Crippen LogP) is 2.93. The van der Waals surface area contributed by atoms with Gasteiger partial charge in [-0.25, -0.2) is 9.59 Å². The molecule has 0 fully saturated rings. The highest BCUT2D eigenvalue weighted by Gasteiger charge is 2.30. The smallest absolute Gasteiger partial charge is 0.442 e. The number of H-pyrrole nitrogens is 1. The van der Waals surface area contributed by atoms with Crippen LogP contribution in [0, 0.1) is 0 Å². The molecule has 1 heterocycles. The van der Waals surface area contributed by atoms with Crippen LogP contribution in [0.25, 0.3) is 5.69 Å². The summed E-state index contributed by atoms with van der Waals surface area (Å²) in [4.78, 5) is 36.7. The molecular formula is C21H22N3O5S+. The molecular weight excluding hydrogens is 406 g/mol. The molecule has 0 bridgehead atoms. The number of amides is 1. The fraction of sp³-hybridized carbons (Fsp3) is 0.238. The predicted molar refractivity (Wildman–Crippen MR) is 112 cm³/mol. The van der Waals surface area contributed by atoms with E-state index < -0.39 is 16.8 Å². The van der Waals surface area contributed by atoms with Crippen LogP contribution in [0.4, 0.5) is 5.69 Å². The zero-order valence-electron chi connectivity index (χ0n) is 16.6. The third-order valence-electron chi connectivity index (χ3n) is 4.20. The summed E-state index contributed by atoms with van der Waals surface area (Å²) >= 11 is 1.12. The third kappa shape index (κ3) is 4.98. The normalized spacial score (nSPS) is 11.7. The zero-order valence-corrected chi connectivity index (χ0v) is 17.4. The van der Waals surface area contributed by atoms with Gasteiger partial charge in [-0.1, -0.05) is 25.1 Å². The number of carbonyl (C=O) groups is 2. The first-order valence-corrected chi connectivity index (χ1v) is 10.3. The number of hydrogen-bond donors (Lipinski definition) is 2. The minimum absolute atomic E-state index is 0.258. The number of nitrogens with zero attached hydrogens (tertiary/aromatic N) is 1. The van der Waals surface area contributed by atoms with E-state index in [0.29, 0.717) is 24.3 Å². The van der Waals surface area contributed by atoms with Crippen molar-refractivity contribution in [1.29, 1.82) is 0 Å². The number of thioether (sulfide) groups is 1. The molecule has 0 saturated carbocycles. The number of aromatic nitrogens is 2. The van der Waals surface area contributed by atoms with Crippen LogP contribution in [-0.2, 0) is 9.53 Å². The lowest BCUT2D eigenvalue weighted by Crippen LogP contribution is -2.37. The van der Waals surface area contributed by atoms with E-state index in [1.54, 1.807) is 31.2 Å². The molecule has 0 aliphatic heterocycles. The van der Waals surface area contributed by atoms with Gasteiger partial charge in [0.1, 0.15) is 0 Å². The van der Waals surface area contributed by atoms with Crippen LogP contribution in [-0.4, -0.2) is 29.0 Å². The molecule has 1 aromatic heterocycles. The van der Waals surface area contributed by atoms with Crippen LogP contribution in [0.5, 0.6) is 0 Å². The second kappa shape index (κ2) is 9.93. The van der Waals surface area contributed by atoms with Gasteiger partial charge in [0.25, 0.3) is 0 Å². The molecule has 1 unspecified atom stereocenters. The van der Waals surface area contributed by atoms with E-state index in [-0.39, 0.29) is 10.9 Å². The number of para-hydroxylation sites is 1. The van der Waals surface area contributed by atoms with Crippen LogP contribution in [0.1, 0.15) is 30.6 Å². The number of ether oxygens (including phenoxy) is 1. The SMILES string of the molecule is CCOC(=O)c1ccc(NC(=O)C(CC)Sc2c(=O)o[nH][n+]2-c2ccccc2)cc1. The maximum Gasteiger partial charge on any atom is 0.442 e. The first-order chi connectivity index (χ1) is 14.5. The highest BCUT2D eigenvalue weighted by molar-refractivity contribution is 8.00. The number of rotatable bonds is 8. The molecule has 0 aliphatic rings. The summed E-state index contributed by atoms with van der Waals surface area (Å²) < 4.78 is 11.4. The molecule has 2 N–H and O–H groups in total. The molecule has 0 saturated heterocycles. The van der Waals surface area contributed by atoms with Crippen molar-refractivity contribution >= 4 is 29.3 Å². The standard InChI is InChI=1S/C21H21N3O5S/c1-3-17(18(25)22-15-12-10-14(11-13-15)20(26)28-4-2)30-19-21(27)29-23-24(19)16-8-6-5-7-9-16/h5-13,17H,3-4H2,1-2H3,(H-,22,23,25,26,27)/p+1. The van der Waals surface area contributed by atoms with Gasteiger partial charge in [0.15, 0.2) is 0 Å². The lowest BCUT2D eigenvalue weighted by Gasteiger charge is -2.12. The van der Waals surface area contributed by atoms with Gasteiger partial charge in [-0.2, -0.15) is 0 Å². The highest BCUT2D eigenvalue weighted by Crippen LogP contribution is 2.23. The summed E-state index contributed by atoms with van der Waals surface area (Å²) in [6, 6.07) is 15.6. The first kappa shape index (κ1) is 21.4. The number of aromatic amines is 1. The maximum atomic E-state index is 12.8. The molecule has 9 heteroatoms. The molecule has 2 aromatic carbocycles. The van der Waals surface area contributed by atoms with Crippen molar-refractivity contribution in [1.82, 2.24) is 5.27 Å². The van der Waals surface area contributed by atoms with Gasteiger partial charge in [-0.15, -0.1) is 0 Å². The minimum Gasteiger partial charge on any atom is -0.462 e. The monoisotopic (exact) mass is 428 g/mol. The second-order valence-electron chi connectivity index (χ2n) is 6.26. The Morgan fingerprint density at radius 3 is 2.47 bits per heavy atom. The number of carbonyl (C=O) groups excluding carboxylic acids is 2. The average molecular weight is 428 g/mol. The Morgan fingerprint density at radius 1 is 1.13 bits per heavy atom. The maximum absolute atomic E-state index is 12.8. The van der Waals surface area contributed by atoms with Crippen molar-refractivity contribution in [3.8, 4) is 5.69 Å². The van der Waals surface area contributed by atoms with Gasteiger partial charge >= 0.3 is 16.6 Å². The Hall–Kier alpha value is -3.33. The topological polar surface area (TPSA) is 105 Å². The Bertz CT molecular complexity index is 1060. The minimum atomic E-state index is -0.547. The molecule has 8 nitrogen and oxygen atoms in total. The number of benzene rings is 2. The molecule has 1 atom stereocenters. The van der Waals surface area contributed by atoms with Gasteiger partial charge < -0.3 is 10.1 Å². The average Bonchev–Trinajstić information content (AvgIpc) is 3.13. The Labute approximate surface area is 177 Å². The molecule has 30 heavy (non-hydrogen) atoms. The van der Waals surface area contributed by atoms with Crippen LogP contribution < -0.4 is 15.6 Å². The van der Waals surface area contributed by atoms with Crippen molar-refractivity contribution in [2.24, 2.45) is 0 Å². The summed E-state index contributed by atoms with van der Waals surface area (Å²) in [5.41, 5.74) is 1.12. The summed E-state index contributed by atoms with van der Waals surface area (Å²) in [7, 11) is 0. The zero-order chi connectivity index (χ0) is 21.5. The fourth-order valence-electron chi connectivity index (χ4n) is 2.70. The van der Waals surface area contributed by atoms with Gasteiger partial charge in [-0.05, 0) is 59.3 Å². The van der Waals surface area contributed by atoms with Crippen molar-refractivity contribution in [2.75, 3.05) is 11.9 Å². The molecule has 0 spiro atoms. The third-order valence-corrected chi connectivity index (χ3v) is 5.61. The molecule has 1 amide bonds. The summed E-state index contributed by atoms with van der Waals surface area (Å²) in [5, 5.41) is 5.14. The van der Waals surface area contributed by atoms with Crippen LogP contribution >= 0.6 is 11.8 Å². The Balaban J connectivity index is 1.73. The van der Waals surface area contributed by atoms with E-state index in [1.807, 2.05) is 37.3 Å². The quantitative estimate of drug-likeness (QED) is 0.325. The molecule has 3 rings (SSSR count). The highest BCUT2D eigenvalue weighted by atomic mass is 32.2. The van der Waals surface area contributed by atoms with Crippen LogP contribution in [0.15, 0.2) is 68.9 Å². The molecule has 156 valence electrons. The summed E-state index contributed by atoms with van der Waals surface area (Å²) in [6.07, 6.45) is 0.497. The number of nitrogens with one attached hydrogen (secondary N) is 2. The van der Waals surface area contributed by atoms with Crippen molar-refractivity contribution < 1.29 is 23.5 Å². The van der Waals surface area contributed by atoms with E-state index in [4.69, 9.17) is 9.26 Å². The van der Waals surface area contributed by atoms with E-state index in [9.17, 15) is 14.4 Å². The van der Waals surface area contributed by atoms with Crippen molar-refractivity contribution in [3.05, 3.63) is 70.6 Å². The van der Waals surface area contributed by atoms with Gasteiger partial charge in [-0.3, -0.25) is 9.32 Å². The van der Waals surface area contributed by atoms with Crippen molar-refractivity contribution in [2.45, 2.75) is 30.5 Å². The lowest BCUT2D eigenvalue weighted by molar-refractivity contribution is -0.704. The Morgan fingerprint density at radius 2 is 1.83 bits per heavy atom. The van der Waals surface area contributed by atoms with E-state index in [0.717, 1.165) is 17.4 Å². The van der Waals surface area contributed by atoms with E-state index in [1.165, 1.54) is 4.68 Å². The van der Waals surface area contributed by atoms with Gasteiger partial charge in [0.05, 0.1) is 17.4 Å². The molecule has 3 aromatic rings. The number of hydrogen-bond acceptors (Lipinski definition) is 6. The van der Waals surface area contributed by atoms with Gasteiger partial charge in [0.2, 0.25) is 11.6 Å². The summed E-state index contributed by atoms with van der Waals surface area (Å²) in [6.45, 7) is 3.90. The van der Waals surface area contributed by atoms with Crippen LogP contribution in [0.3, 0.4) is 0 Å². The van der Waals surface area contributed by atoms with Crippen molar-refractivity contribution in [3.63, 3.8) is 0 Å². The van der Waals surface area contributed by atoms with Gasteiger partial charge in [0, 0.05) is 17.8 Å². The fourth-order valence-corrected chi connectivity index (χ4v) is 3.68. The van der Waals surface area contributed by atoms with Crippen LogP contribution in [0.2, 0.25) is 0 Å². The largest absolute Gasteiger partial charge is 0.462 e. The lowest BCUT2D eigenvalue weighted by atomic mass is 10.2. The number of anilines is 1. The first-order valence-electron chi connectivity index (χ1n) is 9.47.